The zero-order valence-electron chi connectivity index (χ0n) is 15.7. The van der Waals surface area contributed by atoms with E-state index in [2.05, 4.69) is 9.97 Å². The summed E-state index contributed by atoms with van der Waals surface area (Å²) in [7, 11) is 3.11. The third-order valence-electron chi connectivity index (χ3n) is 4.04. The van der Waals surface area contributed by atoms with Crippen LogP contribution in [0.15, 0.2) is 48.7 Å². The van der Waals surface area contributed by atoms with Crippen LogP contribution < -0.4 is 9.47 Å². The molecule has 0 amide bonds. The summed E-state index contributed by atoms with van der Waals surface area (Å²) >= 11 is 5.96. The molecule has 0 N–H and O–H groups in total. The van der Waals surface area contributed by atoms with Gasteiger partial charge in [-0.05, 0) is 49.4 Å². The van der Waals surface area contributed by atoms with Crippen LogP contribution in [0.1, 0.15) is 17.3 Å². The first-order valence-corrected chi connectivity index (χ1v) is 8.97. The van der Waals surface area contributed by atoms with Crippen LogP contribution in [-0.2, 0) is 4.74 Å². The Morgan fingerprint density at radius 2 is 1.68 bits per heavy atom. The molecule has 0 fully saturated rings. The molecular weight excluding hydrogens is 380 g/mol. The Kier molecular flexibility index (Phi) is 6.11. The van der Waals surface area contributed by atoms with Gasteiger partial charge in [-0.1, -0.05) is 11.6 Å². The van der Waals surface area contributed by atoms with Crippen LogP contribution in [0.4, 0.5) is 0 Å². The van der Waals surface area contributed by atoms with Crippen LogP contribution in [0.2, 0.25) is 5.02 Å². The van der Waals surface area contributed by atoms with Crippen molar-refractivity contribution in [3.63, 3.8) is 0 Å². The summed E-state index contributed by atoms with van der Waals surface area (Å²) in [5, 5.41) is 0.618. The highest BCUT2D eigenvalue weighted by Gasteiger charge is 2.19. The van der Waals surface area contributed by atoms with Gasteiger partial charge in [0.25, 0.3) is 0 Å². The zero-order chi connectivity index (χ0) is 20.1. The molecule has 1 heterocycles. The molecule has 3 aromatic rings. The van der Waals surface area contributed by atoms with Gasteiger partial charge in [0, 0.05) is 22.3 Å². The van der Waals surface area contributed by atoms with Gasteiger partial charge in [-0.25, -0.2) is 14.8 Å². The summed E-state index contributed by atoms with van der Waals surface area (Å²) in [5.41, 5.74) is 2.17. The molecule has 0 aliphatic heterocycles. The molecule has 0 saturated carbocycles. The predicted octanol–water partition coefficient (Wildman–Crippen LogP) is 4.66. The number of esters is 1. The number of halogens is 1. The highest BCUT2D eigenvalue weighted by molar-refractivity contribution is 6.30. The fourth-order valence-corrected chi connectivity index (χ4v) is 2.81. The number of benzene rings is 2. The number of ether oxygens (including phenoxy) is 3. The average Bonchev–Trinajstić information content (AvgIpc) is 2.73. The Labute approximate surface area is 168 Å². The van der Waals surface area contributed by atoms with E-state index >= 15 is 0 Å². The van der Waals surface area contributed by atoms with Gasteiger partial charge >= 0.3 is 5.97 Å². The summed E-state index contributed by atoms with van der Waals surface area (Å²) in [6.45, 7) is 2.00. The molecule has 144 valence electrons. The summed E-state index contributed by atoms with van der Waals surface area (Å²) in [6, 6.07) is 12.5. The molecule has 0 spiro atoms. The van der Waals surface area contributed by atoms with Gasteiger partial charge in [0.2, 0.25) is 0 Å². The third kappa shape index (κ3) is 4.07. The van der Waals surface area contributed by atoms with Gasteiger partial charge in [-0.2, -0.15) is 0 Å². The number of hydrogen-bond acceptors (Lipinski definition) is 6. The minimum atomic E-state index is -0.491. The molecule has 3 rings (SSSR count). The predicted molar refractivity (Wildman–Crippen MR) is 107 cm³/mol. The van der Waals surface area contributed by atoms with Crippen molar-refractivity contribution in [2.45, 2.75) is 6.92 Å². The molecule has 0 aliphatic rings. The SMILES string of the molecule is CCOC(=O)c1cnc(-c2ccc(Cl)cc2)nc1-c1ccc(OC)c(OC)c1. The van der Waals surface area contributed by atoms with E-state index in [1.54, 1.807) is 51.5 Å². The molecule has 0 bridgehead atoms. The van der Waals surface area contributed by atoms with E-state index in [1.165, 1.54) is 6.20 Å². The minimum Gasteiger partial charge on any atom is -0.493 e. The first kappa shape index (κ1) is 19.6. The maximum Gasteiger partial charge on any atom is 0.341 e. The lowest BCUT2D eigenvalue weighted by Crippen LogP contribution is -2.09. The number of nitrogens with zero attached hydrogens (tertiary/aromatic N) is 2. The second kappa shape index (κ2) is 8.71. The number of carbonyl (C=O) groups is 1. The lowest BCUT2D eigenvalue weighted by Gasteiger charge is -2.13. The Morgan fingerprint density at radius 3 is 2.32 bits per heavy atom. The fraction of sp³-hybridized carbons (Fsp3) is 0.190. The Hall–Kier alpha value is -3.12. The van der Waals surface area contributed by atoms with Crippen LogP contribution in [-0.4, -0.2) is 36.8 Å². The second-order valence-corrected chi connectivity index (χ2v) is 6.19. The largest absolute Gasteiger partial charge is 0.493 e. The van der Waals surface area contributed by atoms with Crippen LogP contribution in [0.5, 0.6) is 11.5 Å². The summed E-state index contributed by atoms with van der Waals surface area (Å²) in [6.07, 6.45) is 1.47. The fourth-order valence-electron chi connectivity index (χ4n) is 2.68. The quantitative estimate of drug-likeness (QED) is 0.562. The van der Waals surface area contributed by atoms with Crippen molar-refractivity contribution in [3.05, 3.63) is 59.2 Å². The van der Waals surface area contributed by atoms with Crippen molar-refractivity contribution >= 4 is 17.6 Å². The smallest absolute Gasteiger partial charge is 0.341 e. The van der Waals surface area contributed by atoms with Crippen molar-refractivity contribution in [2.24, 2.45) is 0 Å². The van der Waals surface area contributed by atoms with Crippen molar-refractivity contribution in [3.8, 4) is 34.1 Å². The highest BCUT2D eigenvalue weighted by atomic mass is 35.5. The molecule has 0 aliphatic carbocycles. The van der Waals surface area contributed by atoms with Crippen molar-refractivity contribution in [1.29, 1.82) is 0 Å². The van der Waals surface area contributed by atoms with E-state index in [-0.39, 0.29) is 12.2 Å². The molecule has 28 heavy (non-hydrogen) atoms. The number of hydrogen-bond donors (Lipinski definition) is 0. The van der Waals surface area contributed by atoms with Gasteiger partial charge < -0.3 is 14.2 Å². The average molecular weight is 399 g/mol. The molecule has 6 nitrogen and oxygen atoms in total. The van der Waals surface area contributed by atoms with Crippen molar-refractivity contribution in [1.82, 2.24) is 9.97 Å². The summed E-state index contributed by atoms with van der Waals surface area (Å²) in [5.74, 6) is 1.09. The monoisotopic (exact) mass is 398 g/mol. The van der Waals surface area contributed by atoms with E-state index in [4.69, 9.17) is 25.8 Å². The third-order valence-corrected chi connectivity index (χ3v) is 4.30. The molecule has 0 saturated heterocycles. The maximum atomic E-state index is 12.4. The first-order chi connectivity index (χ1) is 13.6. The number of rotatable bonds is 6. The first-order valence-electron chi connectivity index (χ1n) is 8.59. The maximum absolute atomic E-state index is 12.4. The number of aromatic nitrogens is 2. The Morgan fingerprint density at radius 1 is 1.00 bits per heavy atom. The van der Waals surface area contributed by atoms with Crippen LogP contribution >= 0.6 is 11.6 Å². The van der Waals surface area contributed by atoms with Crippen LogP contribution in [0, 0.1) is 0 Å². The van der Waals surface area contributed by atoms with Gasteiger partial charge in [-0.15, -0.1) is 0 Å². The molecule has 0 unspecified atom stereocenters. The van der Waals surface area contributed by atoms with E-state index in [9.17, 15) is 4.79 Å². The Balaban J connectivity index is 2.16. The Bertz CT molecular complexity index is 990. The zero-order valence-corrected chi connectivity index (χ0v) is 16.5. The highest BCUT2D eigenvalue weighted by Crippen LogP contribution is 2.33. The number of carbonyl (C=O) groups excluding carboxylic acids is 1. The van der Waals surface area contributed by atoms with Crippen LogP contribution in [0.3, 0.4) is 0 Å². The van der Waals surface area contributed by atoms with E-state index in [0.29, 0.717) is 33.6 Å². The summed E-state index contributed by atoms with van der Waals surface area (Å²) in [4.78, 5) is 21.4. The van der Waals surface area contributed by atoms with Crippen molar-refractivity contribution < 1.29 is 19.0 Å². The normalized spacial score (nSPS) is 10.4. The van der Waals surface area contributed by atoms with Gasteiger partial charge in [-0.3, -0.25) is 0 Å². The van der Waals surface area contributed by atoms with E-state index in [0.717, 1.165) is 5.56 Å². The molecule has 0 radical (unpaired) electrons. The molecule has 0 atom stereocenters. The van der Waals surface area contributed by atoms with Gasteiger partial charge in [0.05, 0.1) is 26.5 Å². The second-order valence-electron chi connectivity index (χ2n) is 5.75. The van der Waals surface area contributed by atoms with E-state index < -0.39 is 5.97 Å². The molecular formula is C21H19ClN2O4. The topological polar surface area (TPSA) is 70.5 Å². The molecule has 7 heteroatoms. The summed E-state index contributed by atoms with van der Waals surface area (Å²) < 4.78 is 15.8. The lowest BCUT2D eigenvalue weighted by atomic mass is 10.1. The van der Waals surface area contributed by atoms with Gasteiger partial charge in [0.1, 0.15) is 5.56 Å². The van der Waals surface area contributed by atoms with Crippen LogP contribution in [0.25, 0.3) is 22.6 Å². The van der Waals surface area contributed by atoms with E-state index in [1.807, 2.05) is 12.1 Å². The standard InChI is InChI=1S/C21H19ClN2O4/c1-4-28-21(25)16-12-23-20(13-5-8-15(22)9-6-13)24-19(16)14-7-10-17(26-2)18(11-14)27-3/h5-12H,4H2,1-3H3. The van der Waals surface area contributed by atoms with Crippen molar-refractivity contribution in [2.75, 3.05) is 20.8 Å². The molecule has 1 aromatic heterocycles. The lowest BCUT2D eigenvalue weighted by molar-refractivity contribution is 0.0526. The molecule has 2 aromatic carbocycles. The number of methoxy groups -OCH3 is 2. The van der Waals surface area contributed by atoms with Gasteiger partial charge in [0.15, 0.2) is 17.3 Å². The minimum absolute atomic E-state index is 0.253.